The lowest BCUT2D eigenvalue weighted by atomic mass is 9.90. The van der Waals surface area contributed by atoms with Crippen molar-refractivity contribution in [2.24, 2.45) is 0 Å². The summed E-state index contributed by atoms with van der Waals surface area (Å²) in [5, 5.41) is 7.53. The van der Waals surface area contributed by atoms with Crippen molar-refractivity contribution in [2.45, 2.75) is 38.7 Å². The third-order valence-corrected chi connectivity index (χ3v) is 7.27. The van der Waals surface area contributed by atoms with Gasteiger partial charge in [0, 0.05) is 54.4 Å². The molecule has 1 aliphatic rings. The van der Waals surface area contributed by atoms with Crippen LogP contribution in [0, 0.1) is 0 Å². The number of benzene rings is 2. The highest BCUT2D eigenvalue weighted by Gasteiger charge is 2.17. The second kappa shape index (κ2) is 12.3. The van der Waals surface area contributed by atoms with Crippen molar-refractivity contribution in [2.75, 3.05) is 48.9 Å². The van der Waals surface area contributed by atoms with E-state index in [1.54, 1.807) is 6.20 Å². The van der Waals surface area contributed by atoms with Crippen LogP contribution in [0.3, 0.4) is 0 Å². The Kier molecular flexibility index (Phi) is 8.44. The van der Waals surface area contributed by atoms with Crippen molar-refractivity contribution in [3.8, 4) is 0 Å². The van der Waals surface area contributed by atoms with Gasteiger partial charge in [-0.25, -0.2) is 4.98 Å². The van der Waals surface area contributed by atoms with Crippen LogP contribution in [0.25, 0.3) is 10.9 Å². The predicted octanol–water partition coefficient (Wildman–Crippen LogP) is 5.49. The van der Waals surface area contributed by atoms with Gasteiger partial charge in [-0.15, -0.1) is 0 Å². The molecule has 8 nitrogen and oxygen atoms in total. The Labute approximate surface area is 230 Å². The molecule has 1 fully saturated rings. The summed E-state index contributed by atoms with van der Waals surface area (Å²) in [6, 6.07) is 20.3. The standard InChI is InChI=1S/C31H38N6O2/c1-22(2)39-19-18-36(27-8-9-29-26(20-27)13-17-37(29)32-3)28-12-16-34-30(21-28)35-31(38)25-6-4-23(5-7-25)24-10-14-33-15-11-24/h4-9,12-13,16-17,20-22,24,32-33H,10-11,14-15,18-19H2,1-3H3,(H,34,35,38). The lowest BCUT2D eigenvalue weighted by Gasteiger charge is -2.26. The van der Waals surface area contributed by atoms with Crippen LogP contribution in [0.2, 0.25) is 0 Å². The molecule has 3 N–H and O–H groups in total. The van der Waals surface area contributed by atoms with E-state index < -0.39 is 0 Å². The summed E-state index contributed by atoms with van der Waals surface area (Å²) in [5.41, 5.74) is 8.17. The zero-order valence-electron chi connectivity index (χ0n) is 23.0. The largest absolute Gasteiger partial charge is 0.377 e. The van der Waals surface area contributed by atoms with Crippen LogP contribution in [0.1, 0.15) is 48.5 Å². The maximum atomic E-state index is 13.1. The first-order valence-electron chi connectivity index (χ1n) is 13.8. The highest BCUT2D eigenvalue weighted by Crippen LogP contribution is 2.30. The van der Waals surface area contributed by atoms with Gasteiger partial charge in [-0.1, -0.05) is 12.1 Å². The van der Waals surface area contributed by atoms with E-state index in [0.717, 1.165) is 48.2 Å². The molecule has 0 bridgehead atoms. The number of nitrogens with one attached hydrogen (secondary N) is 3. The lowest BCUT2D eigenvalue weighted by molar-refractivity contribution is 0.0851. The van der Waals surface area contributed by atoms with Crippen molar-refractivity contribution >= 4 is 34.0 Å². The monoisotopic (exact) mass is 526 g/mol. The van der Waals surface area contributed by atoms with Crippen LogP contribution in [-0.2, 0) is 4.74 Å². The quantitative estimate of drug-likeness (QED) is 0.253. The summed E-state index contributed by atoms with van der Waals surface area (Å²) < 4.78 is 7.88. The number of amides is 1. The van der Waals surface area contributed by atoms with Gasteiger partial charge >= 0.3 is 0 Å². The number of hydrogen-bond acceptors (Lipinski definition) is 6. The minimum Gasteiger partial charge on any atom is -0.377 e. The Morgan fingerprint density at radius 2 is 1.85 bits per heavy atom. The first kappa shape index (κ1) is 26.7. The summed E-state index contributed by atoms with van der Waals surface area (Å²) in [5.74, 6) is 0.904. The molecule has 1 aliphatic heterocycles. The van der Waals surface area contributed by atoms with E-state index >= 15 is 0 Å². The van der Waals surface area contributed by atoms with Crippen LogP contribution in [0.15, 0.2) is 73.1 Å². The van der Waals surface area contributed by atoms with Crippen LogP contribution in [0.5, 0.6) is 0 Å². The summed E-state index contributed by atoms with van der Waals surface area (Å²) in [6.07, 6.45) is 6.16. The third-order valence-electron chi connectivity index (χ3n) is 7.27. The van der Waals surface area contributed by atoms with Gasteiger partial charge in [-0.05, 0) is 93.7 Å². The van der Waals surface area contributed by atoms with E-state index in [1.165, 1.54) is 5.56 Å². The molecule has 0 saturated carbocycles. The van der Waals surface area contributed by atoms with Crippen LogP contribution >= 0.6 is 0 Å². The average molecular weight is 527 g/mol. The Bertz CT molecular complexity index is 1390. The van der Waals surface area contributed by atoms with E-state index in [9.17, 15) is 4.79 Å². The van der Waals surface area contributed by atoms with Gasteiger partial charge in [0.2, 0.25) is 0 Å². The Balaban J connectivity index is 1.35. The fourth-order valence-corrected chi connectivity index (χ4v) is 5.19. The average Bonchev–Trinajstić information content (AvgIpc) is 3.38. The van der Waals surface area contributed by atoms with Crippen molar-refractivity contribution in [1.82, 2.24) is 15.0 Å². The highest BCUT2D eigenvalue weighted by molar-refractivity contribution is 6.04. The zero-order chi connectivity index (χ0) is 27.2. The van der Waals surface area contributed by atoms with Gasteiger partial charge in [0.05, 0.1) is 18.2 Å². The SMILES string of the molecule is CNn1ccc2cc(N(CCOC(C)C)c3ccnc(NC(=O)c4ccc(C5CCNCC5)cc4)c3)ccc21. The summed E-state index contributed by atoms with van der Waals surface area (Å²) in [7, 11) is 1.90. The van der Waals surface area contributed by atoms with Gasteiger partial charge < -0.3 is 25.7 Å². The number of carbonyl (C=O) groups is 1. The van der Waals surface area contributed by atoms with Crippen LogP contribution in [-0.4, -0.2) is 55.0 Å². The van der Waals surface area contributed by atoms with Crippen molar-refractivity contribution in [3.63, 3.8) is 0 Å². The van der Waals surface area contributed by atoms with Gasteiger partial charge in [0.1, 0.15) is 5.82 Å². The number of carbonyl (C=O) groups excluding carboxylic acids is 1. The predicted molar refractivity (Wildman–Crippen MR) is 159 cm³/mol. The van der Waals surface area contributed by atoms with E-state index in [0.29, 0.717) is 30.5 Å². The van der Waals surface area contributed by atoms with E-state index in [4.69, 9.17) is 4.74 Å². The lowest BCUT2D eigenvalue weighted by Crippen LogP contribution is -2.26. The van der Waals surface area contributed by atoms with Gasteiger partial charge in [0.25, 0.3) is 5.91 Å². The smallest absolute Gasteiger partial charge is 0.256 e. The number of pyridine rings is 1. The molecule has 2 aromatic carbocycles. The molecule has 1 amide bonds. The Morgan fingerprint density at radius 3 is 2.59 bits per heavy atom. The normalized spacial score (nSPS) is 14.1. The van der Waals surface area contributed by atoms with Gasteiger partial charge in [-0.3, -0.25) is 9.47 Å². The number of nitrogens with zero attached hydrogens (tertiary/aromatic N) is 3. The number of piperidine rings is 1. The number of rotatable bonds is 10. The van der Waals surface area contributed by atoms with Crippen LogP contribution in [0.4, 0.5) is 17.2 Å². The molecule has 39 heavy (non-hydrogen) atoms. The molecular weight excluding hydrogens is 488 g/mol. The summed E-state index contributed by atoms with van der Waals surface area (Å²) in [6.45, 7) is 7.40. The minimum atomic E-state index is -0.166. The second-order valence-electron chi connectivity index (χ2n) is 10.2. The van der Waals surface area contributed by atoms with Gasteiger partial charge in [0.15, 0.2) is 0 Å². The second-order valence-corrected chi connectivity index (χ2v) is 10.2. The molecule has 2 aromatic heterocycles. The molecule has 0 spiro atoms. The molecule has 5 rings (SSSR count). The van der Waals surface area contributed by atoms with Crippen molar-refractivity contribution in [3.05, 3.63) is 84.2 Å². The fourth-order valence-electron chi connectivity index (χ4n) is 5.19. The molecule has 204 valence electrons. The summed E-state index contributed by atoms with van der Waals surface area (Å²) in [4.78, 5) is 19.7. The van der Waals surface area contributed by atoms with Crippen molar-refractivity contribution < 1.29 is 9.53 Å². The molecule has 8 heteroatoms. The maximum absolute atomic E-state index is 13.1. The number of ether oxygens (including phenoxy) is 1. The Hall–Kier alpha value is -3.88. The topological polar surface area (TPSA) is 83.5 Å². The summed E-state index contributed by atoms with van der Waals surface area (Å²) >= 11 is 0. The Morgan fingerprint density at radius 1 is 1.08 bits per heavy atom. The molecule has 1 saturated heterocycles. The minimum absolute atomic E-state index is 0.146. The van der Waals surface area contributed by atoms with E-state index in [1.807, 2.05) is 56.0 Å². The van der Waals surface area contributed by atoms with Crippen LogP contribution < -0.4 is 21.0 Å². The van der Waals surface area contributed by atoms with Crippen molar-refractivity contribution in [1.29, 1.82) is 0 Å². The van der Waals surface area contributed by atoms with Gasteiger partial charge in [-0.2, -0.15) is 0 Å². The number of anilines is 3. The highest BCUT2D eigenvalue weighted by atomic mass is 16.5. The number of hydrogen-bond donors (Lipinski definition) is 3. The number of aromatic nitrogens is 2. The molecule has 4 aromatic rings. The van der Waals surface area contributed by atoms with E-state index in [-0.39, 0.29) is 12.0 Å². The molecular formula is C31H38N6O2. The molecule has 3 heterocycles. The maximum Gasteiger partial charge on any atom is 0.256 e. The zero-order valence-corrected chi connectivity index (χ0v) is 23.0. The fraction of sp³-hybridized carbons (Fsp3) is 0.355. The number of fused-ring (bicyclic) bond motifs is 1. The molecule has 0 unspecified atom stereocenters. The molecule has 0 atom stereocenters. The first-order chi connectivity index (χ1) is 19.0. The molecule has 0 aliphatic carbocycles. The molecule has 0 radical (unpaired) electrons. The first-order valence-corrected chi connectivity index (χ1v) is 13.8. The third kappa shape index (κ3) is 6.41. The van der Waals surface area contributed by atoms with E-state index in [2.05, 4.69) is 62.3 Å².